The molecule has 1 fully saturated rings. The summed E-state index contributed by atoms with van der Waals surface area (Å²) in [7, 11) is 0. The monoisotopic (exact) mass is 418 g/mol. The summed E-state index contributed by atoms with van der Waals surface area (Å²) in [5.74, 6) is -0.0781. The SMILES string of the molecule is O=C(CC(c1ccccc1)c1ccccc1)N[C@@H]1CC(=O)N(c2ccc(Cl)cc2)C1. The van der Waals surface area contributed by atoms with Crippen LogP contribution in [0.25, 0.3) is 0 Å². The molecular formula is C25H23ClN2O2. The zero-order chi connectivity index (χ0) is 20.9. The summed E-state index contributed by atoms with van der Waals surface area (Å²) in [5, 5.41) is 3.69. The fourth-order valence-electron chi connectivity index (χ4n) is 3.95. The zero-order valence-corrected chi connectivity index (χ0v) is 17.3. The Bertz CT molecular complexity index is 967. The lowest BCUT2D eigenvalue weighted by Gasteiger charge is -2.20. The van der Waals surface area contributed by atoms with Gasteiger partial charge in [-0.25, -0.2) is 0 Å². The van der Waals surface area contributed by atoms with Crippen LogP contribution < -0.4 is 10.2 Å². The molecular weight excluding hydrogens is 396 g/mol. The van der Waals surface area contributed by atoms with E-state index in [0.717, 1.165) is 16.8 Å². The molecule has 152 valence electrons. The van der Waals surface area contributed by atoms with Gasteiger partial charge in [0.1, 0.15) is 0 Å². The molecule has 5 heteroatoms. The molecule has 4 rings (SSSR count). The van der Waals surface area contributed by atoms with E-state index in [0.29, 0.717) is 24.4 Å². The number of halogens is 1. The summed E-state index contributed by atoms with van der Waals surface area (Å²) in [6, 6.07) is 27.1. The Hall–Kier alpha value is -3.11. The van der Waals surface area contributed by atoms with Crippen molar-refractivity contribution in [2.75, 3.05) is 11.4 Å². The van der Waals surface area contributed by atoms with Crippen LogP contribution in [0, 0.1) is 0 Å². The lowest BCUT2D eigenvalue weighted by Crippen LogP contribution is -2.37. The molecule has 0 saturated carbocycles. The first-order valence-corrected chi connectivity index (χ1v) is 10.4. The van der Waals surface area contributed by atoms with Crippen LogP contribution in [-0.4, -0.2) is 24.4 Å². The van der Waals surface area contributed by atoms with Crippen molar-refractivity contribution in [1.29, 1.82) is 0 Å². The number of nitrogens with one attached hydrogen (secondary N) is 1. The average Bonchev–Trinajstić information content (AvgIpc) is 3.13. The van der Waals surface area contributed by atoms with Gasteiger partial charge >= 0.3 is 0 Å². The first-order valence-electron chi connectivity index (χ1n) is 10.1. The number of anilines is 1. The van der Waals surface area contributed by atoms with Crippen molar-refractivity contribution >= 4 is 29.1 Å². The van der Waals surface area contributed by atoms with Gasteiger partial charge in [-0.2, -0.15) is 0 Å². The van der Waals surface area contributed by atoms with Crippen molar-refractivity contribution in [1.82, 2.24) is 5.32 Å². The van der Waals surface area contributed by atoms with Crippen LogP contribution in [-0.2, 0) is 9.59 Å². The highest BCUT2D eigenvalue weighted by Gasteiger charge is 2.32. The lowest BCUT2D eigenvalue weighted by atomic mass is 9.88. The van der Waals surface area contributed by atoms with Crippen molar-refractivity contribution < 1.29 is 9.59 Å². The molecule has 30 heavy (non-hydrogen) atoms. The molecule has 0 unspecified atom stereocenters. The maximum absolute atomic E-state index is 12.9. The fourth-order valence-corrected chi connectivity index (χ4v) is 4.07. The molecule has 1 aliphatic heterocycles. The second-order valence-corrected chi connectivity index (χ2v) is 7.96. The van der Waals surface area contributed by atoms with Gasteiger partial charge in [-0.1, -0.05) is 72.3 Å². The Balaban J connectivity index is 1.44. The van der Waals surface area contributed by atoms with Crippen LogP contribution in [0.5, 0.6) is 0 Å². The minimum Gasteiger partial charge on any atom is -0.351 e. The fraction of sp³-hybridized carbons (Fsp3) is 0.200. The number of carbonyl (C=O) groups is 2. The summed E-state index contributed by atoms with van der Waals surface area (Å²) in [5.41, 5.74) is 3.00. The zero-order valence-electron chi connectivity index (χ0n) is 16.5. The molecule has 0 aliphatic carbocycles. The highest BCUT2D eigenvalue weighted by molar-refractivity contribution is 6.30. The quantitative estimate of drug-likeness (QED) is 0.626. The molecule has 1 atom stereocenters. The number of carbonyl (C=O) groups excluding carboxylic acids is 2. The number of benzene rings is 3. The summed E-state index contributed by atoms with van der Waals surface area (Å²) in [4.78, 5) is 27.1. The largest absolute Gasteiger partial charge is 0.351 e. The van der Waals surface area contributed by atoms with Crippen molar-refractivity contribution in [2.45, 2.75) is 24.8 Å². The Morgan fingerprint density at radius 2 is 1.50 bits per heavy atom. The predicted molar refractivity (Wildman–Crippen MR) is 120 cm³/mol. The standard InChI is InChI=1S/C25H23ClN2O2/c26-20-11-13-22(14-12-20)28-17-21(15-25(28)30)27-24(29)16-23(18-7-3-1-4-8-18)19-9-5-2-6-10-19/h1-14,21,23H,15-17H2,(H,27,29)/t21-/m1/s1. The molecule has 0 aromatic heterocycles. The van der Waals surface area contributed by atoms with Crippen LogP contribution in [0.4, 0.5) is 5.69 Å². The topological polar surface area (TPSA) is 49.4 Å². The van der Waals surface area contributed by atoms with E-state index in [1.807, 2.05) is 72.8 Å². The van der Waals surface area contributed by atoms with E-state index in [2.05, 4.69) is 5.32 Å². The normalized spacial score (nSPS) is 16.1. The number of hydrogen-bond donors (Lipinski definition) is 1. The van der Waals surface area contributed by atoms with E-state index in [-0.39, 0.29) is 23.8 Å². The number of rotatable bonds is 6. The average molecular weight is 419 g/mol. The van der Waals surface area contributed by atoms with Crippen LogP contribution in [0.15, 0.2) is 84.9 Å². The second kappa shape index (κ2) is 9.14. The summed E-state index contributed by atoms with van der Waals surface area (Å²) >= 11 is 5.94. The smallest absolute Gasteiger partial charge is 0.229 e. The minimum atomic E-state index is -0.201. The molecule has 0 spiro atoms. The third kappa shape index (κ3) is 4.71. The molecule has 3 aromatic rings. The van der Waals surface area contributed by atoms with E-state index in [1.165, 1.54) is 0 Å². The Labute approximate surface area is 181 Å². The van der Waals surface area contributed by atoms with Crippen LogP contribution in [0.3, 0.4) is 0 Å². The third-order valence-electron chi connectivity index (χ3n) is 5.42. The summed E-state index contributed by atoms with van der Waals surface area (Å²) < 4.78 is 0. The molecule has 1 heterocycles. The van der Waals surface area contributed by atoms with Crippen LogP contribution in [0.1, 0.15) is 29.9 Å². The molecule has 1 aliphatic rings. The Kier molecular flexibility index (Phi) is 6.15. The maximum Gasteiger partial charge on any atom is 0.229 e. The van der Waals surface area contributed by atoms with Gasteiger partial charge in [0.15, 0.2) is 0 Å². The number of amides is 2. The van der Waals surface area contributed by atoms with Gasteiger partial charge < -0.3 is 10.2 Å². The minimum absolute atomic E-state index is 0.00490. The van der Waals surface area contributed by atoms with E-state index < -0.39 is 0 Å². The molecule has 3 aromatic carbocycles. The van der Waals surface area contributed by atoms with Gasteiger partial charge in [-0.15, -0.1) is 0 Å². The molecule has 1 saturated heterocycles. The Morgan fingerprint density at radius 3 is 2.07 bits per heavy atom. The van der Waals surface area contributed by atoms with Crippen LogP contribution in [0.2, 0.25) is 5.02 Å². The Morgan fingerprint density at radius 1 is 0.933 bits per heavy atom. The van der Waals surface area contributed by atoms with Gasteiger partial charge in [0.25, 0.3) is 0 Å². The van der Waals surface area contributed by atoms with Gasteiger partial charge in [0.2, 0.25) is 11.8 Å². The predicted octanol–water partition coefficient (Wildman–Crippen LogP) is 4.78. The van der Waals surface area contributed by atoms with Gasteiger partial charge in [-0.05, 0) is 35.4 Å². The molecule has 0 radical (unpaired) electrons. The lowest BCUT2D eigenvalue weighted by molar-refractivity contribution is -0.122. The van der Waals surface area contributed by atoms with Gasteiger partial charge in [-0.3, -0.25) is 9.59 Å². The summed E-state index contributed by atoms with van der Waals surface area (Å²) in [6.07, 6.45) is 0.634. The van der Waals surface area contributed by atoms with E-state index in [9.17, 15) is 9.59 Å². The number of hydrogen-bond acceptors (Lipinski definition) is 2. The van der Waals surface area contributed by atoms with Crippen molar-refractivity contribution in [2.24, 2.45) is 0 Å². The van der Waals surface area contributed by atoms with E-state index in [4.69, 9.17) is 11.6 Å². The van der Waals surface area contributed by atoms with Gasteiger partial charge in [0.05, 0.1) is 6.04 Å². The highest BCUT2D eigenvalue weighted by Crippen LogP contribution is 2.28. The van der Waals surface area contributed by atoms with Crippen molar-refractivity contribution in [3.05, 3.63) is 101 Å². The third-order valence-corrected chi connectivity index (χ3v) is 5.67. The molecule has 2 amide bonds. The van der Waals surface area contributed by atoms with E-state index >= 15 is 0 Å². The maximum atomic E-state index is 12.9. The molecule has 1 N–H and O–H groups in total. The molecule has 0 bridgehead atoms. The van der Waals surface area contributed by atoms with Crippen LogP contribution >= 0.6 is 11.6 Å². The van der Waals surface area contributed by atoms with Crippen molar-refractivity contribution in [3.8, 4) is 0 Å². The first kappa shape index (κ1) is 20.2. The highest BCUT2D eigenvalue weighted by atomic mass is 35.5. The van der Waals surface area contributed by atoms with Gasteiger partial charge in [0, 0.05) is 36.0 Å². The first-order chi connectivity index (χ1) is 14.6. The molecule has 4 nitrogen and oxygen atoms in total. The van der Waals surface area contributed by atoms with Crippen molar-refractivity contribution in [3.63, 3.8) is 0 Å². The second-order valence-electron chi connectivity index (χ2n) is 7.53. The number of nitrogens with zero attached hydrogens (tertiary/aromatic N) is 1. The van der Waals surface area contributed by atoms with E-state index in [1.54, 1.807) is 17.0 Å². The summed E-state index contributed by atoms with van der Waals surface area (Å²) in [6.45, 7) is 0.466.